The third kappa shape index (κ3) is 56.7. The van der Waals surface area contributed by atoms with Crippen LogP contribution in [-0.4, -0.2) is 74.3 Å². The van der Waals surface area contributed by atoms with Crippen LogP contribution in [-0.2, 0) is 27.9 Å². The molecule has 0 radical (unpaired) electrons. The second kappa shape index (κ2) is 56.3. The molecule has 0 aromatic carbocycles. The van der Waals surface area contributed by atoms with Crippen LogP contribution in [0.5, 0.6) is 0 Å². The molecule has 76 heavy (non-hydrogen) atoms. The smallest absolute Gasteiger partial charge is 0.456 e. The molecule has 0 aliphatic carbocycles. The summed E-state index contributed by atoms with van der Waals surface area (Å²) in [5.74, 6) is -0.518. The van der Waals surface area contributed by atoms with Crippen LogP contribution in [0.2, 0.25) is 0 Å². The number of nitrogens with one attached hydrogen (secondary N) is 1. The average Bonchev–Trinajstić information content (AvgIpc) is 3.38. The Kier molecular flexibility index (Phi) is 54.7. The Morgan fingerprint density at radius 1 is 0.474 bits per heavy atom. The van der Waals surface area contributed by atoms with Crippen LogP contribution in [0.25, 0.3) is 0 Å². The average molecular weight is 1090 g/mol. The predicted molar refractivity (Wildman–Crippen MR) is 328 cm³/mol. The Morgan fingerprint density at radius 2 is 0.842 bits per heavy atom. The number of phosphoric ester groups is 1. The van der Waals surface area contributed by atoms with E-state index in [-0.39, 0.29) is 25.1 Å². The molecule has 0 spiro atoms. The third-order valence-electron chi connectivity index (χ3n) is 14.5. The van der Waals surface area contributed by atoms with Crippen molar-refractivity contribution < 1.29 is 37.3 Å². The minimum absolute atomic E-state index is 0.0366. The lowest BCUT2D eigenvalue weighted by atomic mass is 10.0. The van der Waals surface area contributed by atoms with Crippen LogP contribution in [0.15, 0.2) is 48.6 Å². The highest BCUT2D eigenvalue weighted by Gasteiger charge is 2.30. The van der Waals surface area contributed by atoms with Gasteiger partial charge in [-0.2, -0.15) is 0 Å². The number of nitrogens with zero attached hydrogens (tertiary/aromatic N) is 1. The SMILES string of the molecule is CC/C=C/C/C=C/C/C=C/CCCCCCC(=O)NC(COP(=O)(O)OCC[N+](C)(C)C)C(/C=C\CCCCCCCCCCCCC)OC(=O)CCCCCCCCCCCCCCCCCCCCCCCCC. The van der Waals surface area contributed by atoms with Gasteiger partial charge in [-0.3, -0.25) is 18.6 Å². The fourth-order valence-electron chi connectivity index (χ4n) is 9.55. The van der Waals surface area contributed by atoms with E-state index in [1.54, 1.807) is 0 Å². The van der Waals surface area contributed by atoms with Crippen LogP contribution in [0.4, 0.5) is 0 Å². The summed E-state index contributed by atoms with van der Waals surface area (Å²) in [4.78, 5) is 37.7. The number of phosphoric acid groups is 1. The number of amides is 1. The van der Waals surface area contributed by atoms with E-state index >= 15 is 0 Å². The van der Waals surface area contributed by atoms with Crippen molar-refractivity contribution in [2.75, 3.05) is 40.9 Å². The number of hydrogen-bond donors (Lipinski definition) is 2. The van der Waals surface area contributed by atoms with Crippen LogP contribution in [0, 0.1) is 0 Å². The van der Waals surface area contributed by atoms with Crippen molar-refractivity contribution >= 4 is 19.7 Å². The highest BCUT2D eigenvalue weighted by atomic mass is 31.2. The van der Waals surface area contributed by atoms with Crippen molar-refractivity contribution in [2.24, 2.45) is 0 Å². The number of carbonyl (C=O) groups excluding carboxylic acids is 2. The minimum Gasteiger partial charge on any atom is -0.456 e. The van der Waals surface area contributed by atoms with Crippen molar-refractivity contribution in [1.29, 1.82) is 0 Å². The fraction of sp³-hybridized carbons (Fsp3) is 0.848. The second-order valence-electron chi connectivity index (χ2n) is 23.3. The molecule has 0 saturated heterocycles. The Balaban J connectivity index is 5.15. The maximum Gasteiger partial charge on any atom is 0.472 e. The molecule has 0 saturated carbocycles. The van der Waals surface area contributed by atoms with Crippen molar-refractivity contribution in [3.05, 3.63) is 48.6 Å². The van der Waals surface area contributed by atoms with E-state index in [0.29, 0.717) is 23.9 Å². The van der Waals surface area contributed by atoms with E-state index in [1.165, 1.54) is 186 Å². The van der Waals surface area contributed by atoms with Gasteiger partial charge in [0.1, 0.15) is 19.3 Å². The highest BCUT2D eigenvalue weighted by molar-refractivity contribution is 7.47. The Bertz CT molecular complexity index is 1440. The quantitative estimate of drug-likeness (QED) is 0.0205. The number of ether oxygens (including phenoxy) is 1. The van der Waals surface area contributed by atoms with Gasteiger partial charge in [0.2, 0.25) is 5.91 Å². The van der Waals surface area contributed by atoms with Gasteiger partial charge in [0.15, 0.2) is 0 Å². The molecule has 0 aromatic heterocycles. The Labute approximate surface area is 471 Å². The molecule has 0 aliphatic heterocycles. The molecule has 3 unspecified atom stereocenters. The first-order valence-electron chi connectivity index (χ1n) is 32.5. The summed E-state index contributed by atoms with van der Waals surface area (Å²) >= 11 is 0. The third-order valence-corrected chi connectivity index (χ3v) is 15.5. The summed E-state index contributed by atoms with van der Waals surface area (Å²) in [7, 11) is 1.49. The molecule has 1 amide bonds. The van der Waals surface area contributed by atoms with Crippen LogP contribution >= 0.6 is 7.82 Å². The van der Waals surface area contributed by atoms with Gasteiger partial charge in [-0.15, -0.1) is 0 Å². The largest absolute Gasteiger partial charge is 0.472 e. The monoisotopic (exact) mass is 1090 g/mol. The first-order chi connectivity index (χ1) is 36.9. The molecular formula is C66H126N2O7P+. The first kappa shape index (κ1) is 74.0. The van der Waals surface area contributed by atoms with Gasteiger partial charge in [0.25, 0.3) is 0 Å². The zero-order chi connectivity index (χ0) is 55.7. The predicted octanol–water partition coefficient (Wildman–Crippen LogP) is 20.1. The van der Waals surface area contributed by atoms with Crippen molar-refractivity contribution in [1.82, 2.24) is 5.32 Å². The standard InChI is InChI=1S/C66H125N2O7P/c1-7-10-13-16-19-22-25-28-30-31-32-33-34-35-36-37-38-41-44-47-50-53-56-59-66(70)75-64(57-54-51-48-45-42-39-27-24-21-18-15-12-9-3)63(62-74-76(71,72)73-61-60-68(4,5)6)67-65(69)58-55-52-49-46-43-40-29-26-23-20-17-14-11-8-2/h11,14,20,23,29,40,54,57,63-64H,7-10,12-13,15-19,21-22,24-28,30-39,41-53,55-56,58-62H2,1-6H3,(H-,67,69,71,72)/p+1/b14-11+,23-20+,40-29+,57-54-. The van der Waals surface area contributed by atoms with Gasteiger partial charge < -0.3 is 19.4 Å². The molecule has 0 bridgehead atoms. The molecule has 2 N–H and O–H groups in total. The summed E-state index contributed by atoms with van der Waals surface area (Å²) in [6.45, 7) is 6.92. The topological polar surface area (TPSA) is 111 Å². The second-order valence-corrected chi connectivity index (χ2v) is 24.7. The van der Waals surface area contributed by atoms with Crippen LogP contribution < -0.4 is 5.32 Å². The van der Waals surface area contributed by atoms with Crippen molar-refractivity contribution in [2.45, 2.75) is 322 Å². The minimum atomic E-state index is -4.45. The van der Waals surface area contributed by atoms with E-state index < -0.39 is 20.0 Å². The van der Waals surface area contributed by atoms with E-state index in [9.17, 15) is 19.0 Å². The lowest BCUT2D eigenvalue weighted by molar-refractivity contribution is -0.870. The van der Waals surface area contributed by atoms with Gasteiger partial charge in [-0.25, -0.2) is 4.57 Å². The van der Waals surface area contributed by atoms with Crippen molar-refractivity contribution in [3.63, 3.8) is 0 Å². The van der Waals surface area contributed by atoms with Gasteiger partial charge >= 0.3 is 13.8 Å². The molecule has 0 heterocycles. The molecule has 0 rings (SSSR count). The number of hydrogen-bond acceptors (Lipinski definition) is 6. The number of unbranched alkanes of at least 4 members (excludes halogenated alkanes) is 37. The summed E-state index contributed by atoms with van der Waals surface area (Å²) in [5, 5.41) is 3.05. The summed E-state index contributed by atoms with van der Waals surface area (Å²) in [5.41, 5.74) is 0. The van der Waals surface area contributed by atoms with Gasteiger partial charge in [0.05, 0.1) is 33.8 Å². The van der Waals surface area contributed by atoms with Gasteiger partial charge in [-0.05, 0) is 63.9 Å². The molecule has 0 aliphatic rings. The summed E-state index contributed by atoms with van der Waals surface area (Å²) < 4.78 is 30.7. The van der Waals surface area contributed by atoms with E-state index in [4.69, 9.17) is 13.8 Å². The number of carbonyl (C=O) groups is 2. The Hall–Kier alpha value is -2.03. The van der Waals surface area contributed by atoms with Crippen LogP contribution in [0.1, 0.15) is 310 Å². The number of rotatable bonds is 59. The molecule has 9 nitrogen and oxygen atoms in total. The molecule has 3 atom stereocenters. The molecule has 10 heteroatoms. The lowest BCUT2D eigenvalue weighted by Crippen LogP contribution is -2.47. The van der Waals surface area contributed by atoms with E-state index in [1.807, 2.05) is 33.3 Å². The normalized spacial score (nSPS) is 13.9. The molecular weight excluding hydrogens is 964 g/mol. The number of quaternary nitrogens is 1. The summed E-state index contributed by atoms with van der Waals surface area (Å²) in [6.07, 6.45) is 69.8. The summed E-state index contributed by atoms with van der Waals surface area (Å²) in [6, 6.07) is -0.858. The Morgan fingerprint density at radius 3 is 1.26 bits per heavy atom. The zero-order valence-electron chi connectivity index (χ0n) is 51.0. The molecule has 0 aromatic rings. The van der Waals surface area contributed by atoms with E-state index in [2.05, 4.69) is 62.5 Å². The molecule has 0 fully saturated rings. The number of allylic oxidation sites excluding steroid dienone is 7. The van der Waals surface area contributed by atoms with E-state index in [0.717, 1.165) is 89.9 Å². The van der Waals surface area contributed by atoms with Crippen molar-refractivity contribution in [3.8, 4) is 0 Å². The highest BCUT2D eigenvalue weighted by Crippen LogP contribution is 2.43. The van der Waals surface area contributed by atoms with Gasteiger partial charge in [0, 0.05) is 12.8 Å². The molecule has 446 valence electrons. The first-order valence-corrected chi connectivity index (χ1v) is 34.0. The van der Waals surface area contributed by atoms with Gasteiger partial charge in [-0.1, -0.05) is 282 Å². The van der Waals surface area contributed by atoms with Crippen LogP contribution in [0.3, 0.4) is 0 Å². The number of esters is 1. The lowest BCUT2D eigenvalue weighted by Gasteiger charge is -2.27. The zero-order valence-corrected chi connectivity index (χ0v) is 51.9. The fourth-order valence-corrected chi connectivity index (χ4v) is 10.3. The maximum atomic E-state index is 13.5. The maximum absolute atomic E-state index is 13.5. The number of likely N-dealkylation sites (N-methyl/N-ethyl adjacent to an activating group) is 1.